The van der Waals surface area contributed by atoms with E-state index < -0.39 is 6.09 Å². The second-order valence-electron chi connectivity index (χ2n) is 6.07. The predicted molar refractivity (Wildman–Crippen MR) is 86.6 cm³/mol. The molecule has 1 unspecified atom stereocenters. The summed E-state index contributed by atoms with van der Waals surface area (Å²) in [5.41, 5.74) is 1.42. The molecular weight excluding hydrogens is 348 g/mol. The van der Waals surface area contributed by atoms with Crippen molar-refractivity contribution in [3.05, 3.63) is 22.6 Å². The van der Waals surface area contributed by atoms with Gasteiger partial charge in [-0.05, 0) is 52.7 Å². The molecule has 6 nitrogen and oxygen atoms in total. The summed E-state index contributed by atoms with van der Waals surface area (Å²) in [5, 5.41) is 11.8. The summed E-state index contributed by atoms with van der Waals surface area (Å²) >= 11 is 3.33. The summed E-state index contributed by atoms with van der Waals surface area (Å²) in [6.07, 6.45) is 3.28. The van der Waals surface area contributed by atoms with Crippen LogP contribution in [0.1, 0.15) is 44.5 Å². The zero-order valence-corrected chi connectivity index (χ0v) is 13.9. The number of carboxylic acid groups (broad SMARTS) is 1. The molecule has 3 N–H and O–H groups in total. The van der Waals surface area contributed by atoms with Crippen LogP contribution in [0, 0.1) is 11.8 Å². The minimum absolute atomic E-state index is 0.274. The Bertz CT molecular complexity index is 679. The molecule has 118 valence electrons. The van der Waals surface area contributed by atoms with Crippen LogP contribution in [-0.4, -0.2) is 26.2 Å². The second kappa shape index (κ2) is 6.24. The van der Waals surface area contributed by atoms with E-state index in [1.165, 1.54) is 0 Å². The van der Waals surface area contributed by atoms with Crippen LogP contribution in [0.3, 0.4) is 0 Å². The lowest BCUT2D eigenvalue weighted by atomic mass is 9.79. The largest absolute Gasteiger partial charge is 0.465 e. The fourth-order valence-corrected chi connectivity index (χ4v) is 3.50. The minimum atomic E-state index is -1.02. The van der Waals surface area contributed by atoms with Gasteiger partial charge in [0, 0.05) is 0 Å². The Morgan fingerprint density at radius 1 is 1.36 bits per heavy atom. The van der Waals surface area contributed by atoms with Crippen molar-refractivity contribution in [2.75, 3.05) is 0 Å². The molecule has 0 spiro atoms. The van der Waals surface area contributed by atoms with Crippen LogP contribution in [0.5, 0.6) is 0 Å². The van der Waals surface area contributed by atoms with Gasteiger partial charge in [-0.2, -0.15) is 0 Å². The van der Waals surface area contributed by atoms with Gasteiger partial charge in [-0.15, -0.1) is 0 Å². The molecule has 2 heterocycles. The van der Waals surface area contributed by atoms with Crippen LogP contribution >= 0.6 is 15.9 Å². The van der Waals surface area contributed by atoms with Crippen molar-refractivity contribution >= 4 is 33.2 Å². The van der Waals surface area contributed by atoms with Crippen molar-refractivity contribution in [1.29, 1.82) is 0 Å². The maximum atomic E-state index is 11.2. The molecule has 0 aliphatic heterocycles. The molecule has 1 aliphatic rings. The smallest absolute Gasteiger partial charge is 0.405 e. The van der Waals surface area contributed by atoms with E-state index in [4.69, 9.17) is 0 Å². The van der Waals surface area contributed by atoms with Crippen LogP contribution in [-0.2, 0) is 0 Å². The highest BCUT2D eigenvalue weighted by Gasteiger charge is 2.30. The van der Waals surface area contributed by atoms with E-state index in [-0.39, 0.29) is 12.0 Å². The van der Waals surface area contributed by atoms with Gasteiger partial charge in [0.25, 0.3) is 0 Å². The summed E-state index contributed by atoms with van der Waals surface area (Å²) in [4.78, 5) is 23.2. The lowest BCUT2D eigenvalue weighted by molar-refractivity contribution is 0.172. The van der Waals surface area contributed by atoms with E-state index in [0.717, 1.165) is 37.1 Å². The number of aromatic amines is 1. The molecule has 0 saturated heterocycles. The number of pyridine rings is 1. The van der Waals surface area contributed by atoms with Crippen LogP contribution in [0.2, 0.25) is 0 Å². The van der Waals surface area contributed by atoms with E-state index in [1.807, 2.05) is 12.1 Å². The van der Waals surface area contributed by atoms with Gasteiger partial charge in [0.2, 0.25) is 0 Å². The van der Waals surface area contributed by atoms with E-state index in [0.29, 0.717) is 16.1 Å². The Morgan fingerprint density at radius 2 is 2.09 bits per heavy atom. The van der Waals surface area contributed by atoms with Crippen LogP contribution in [0.4, 0.5) is 4.79 Å². The summed E-state index contributed by atoms with van der Waals surface area (Å²) in [5.74, 6) is 1.65. The van der Waals surface area contributed by atoms with Crippen LogP contribution in [0.15, 0.2) is 16.7 Å². The molecule has 22 heavy (non-hydrogen) atoms. The number of aromatic nitrogens is 3. The highest BCUT2D eigenvalue weighted by molar-refractivity contribution is 9.10. The fraction of sp³-hybridized carbons (Fsp3) is 0.533. The van der Waals surface area contributed by atoms with E-state index in [1.54, 1.807) is 0 Å². The number of fused-ring (bicyclic) bond motifs is 1. The van der Waals surface area contributed by atoms with E-state index in [9.17, 15) is 9.90 Å². The van der Waals surface area contributed by atoms with E-state index in [2.05, 4.69) is 43.1 Å². The standard InChI is InChI=1S/C15H19BrN4O2/c1-8-2-4-9(5-3-8)12(19-15(21)22)14-17-10-6-7-11(16)18-13(10)20-14/h6-9,12,19H,2-5H2,1H3,(H,21,22)(H,17,18,20). The van der Waals surface area contributed by atoms with Crippen LogP contribution in [0.25, 0.3) is 11.2 Å². The first kappa shape index (κ1) is 15.3. The Hall–Kier alpha value is -1.63. The SMILES string of the molecule is CC1CCC(C(NC(=O)O)c2nc3nc(Br)ccc3[nH]2)CC1. The maximum Gasteiger partial charge on any atom is 0.405 e. The number of nitrogens with zero attached hydrogens (tertiary/aromatic N) is 2. The molecule has 0 radical (unpaired) electrons. The van der Waals surface area contributed by atoms with Gasteiger partial charge in [-0.3, -0.25) is 0 Å². The molecule has 1 saturated carbocycles. The number of H-pyrrole nitrogens is 1. The number of rotatable bonds is 3. The molecule has 0 aromatic carbocycles. The van der Waals surface area contributed by atoms with Gasteiger partial charge in [-0.25, -0.2) is 14.8 Å². The first-order chi connectivity index (χ1) is 10.5. The van der Waals surface area contributed by atoms with Crippen LogP contribution < -0.4 is 5.32 Å². The zero-order chi connectivity index (χ0) is 15.7. The third kappa shape index (κ3) is 3.24. The van der Waals surface area contributed by atoms with Crippen molar-refractivity contribution in [1.82, 2.24) is 20.3 Å². The molecule has 2 aromatic rings. The number of hydrogen-bond acceptors (Lipinski definition) is 3. The van der Waals surface area contributed by atoms with Crippen molar-refractivity contribution in [2.24, 2.45) is 11.8 Å². The Kier molecular flexibility index (Phi) is 4.33. The van der Waals surface area contributed by atoms with Crippen molar-refractivity contribution in [3.8, 4) is 0 Å². The number of halogens is 1. The minimum Gasteiger partial charge on any atom is -0.465 e. The van der Waals surface area contributed by atoms with Gasteiger partial charge >= 0.3 is 6.09 Å². The first-order valence-electron chi connectivity index (χ1n) is 7.54. The third-order valence-electron chi connectivity index (χ3n) is 4.44. The molecule has 1 aliphatic carbocycles. The molecular formula is C15H19BrN4O2. The monoisotopic (exact) mass is 366 g/mol. The zero-order valence-electron chi connectivity index (χ0n) is 12.3. The Balaban J connectivity index is 1.91. The highest BCUT2D eigenvalue weighted by atomic mass is 79.9. The highest BCUT2D eigenvalue weighted by Crippen LogP contribution is 2.36. The Morgan fingerprint density at radius 3 is 2.77 bits per heavy atom. The number of nitrogens with one attached hydrogen (secondary N) is 2. The topological polar surface area (TPSA) is 90.9 Å². The number of imidazole rings is 1. The van der Waals surface area contributed by atoms with Gasteiger partial charge in [0.05, 0.1) is 11.6 Å². The van der Waals surface area contributed by atoms with Crippen molar-refractivity contribution in [3.63, 3.8) is 0 Å². The molecule has 1 amide bonds. The third-order valence-corrected chi connectivity index (χ3v) is 4.88. The molecule has 2 aromatic heterocycles. The quantitative estimate of drug-likeness (QED) is 0.719. The fourth-order valence-electron chi connectivity index (χ4n) is 3.20. The van der Waals surface area contributed by atoms with Crippen molar-refractivity contribution in [2.45, 2.75) is 38.6 Å². The lowest BCUT2D eigenvalue weighted by Gasteiger charge is -2.31. The molecule has 0 bridgehead atoms. The predicted octanol–water partition coefficient (Wildman–Crippen LogP) is 3.86. The molecule has 3 rings (SSSR count). The van der Waals surface area contributed by atoms with Gasteiger partial charge in [-0.1, -0.05) is 19.8 Å². The summed E-state index contributed by atoms with van der Waals surface area (Å²) in [7, 11) is 0. The maximum absolute atomic E-state index is 11.2. The summed E-state index contributed by atoms with van der Waals surface area (Å²) in [6.45, 7) is 2.25. The average molecular weight is 367 g/mol. The lowest BCUT2D eigenvalue weighted by Crippen LogP contribution is -2.34. The molecule has 7 heteroatoms. The Labute approximate surface area is 136 Å². The average Bonchev–Trinajstić information content (AvgIpc) is 2.88. The van der Waals surface area contributed by atoms with Crippen molar-refractivity contribution < 1.29 is 9.90 Å². The summed E-state index contributed by atoms with van der Waals surface area (Å²) < 4.78 is 0.715. The van der Waals surface area contributed by atoms with Gasteiger partial charge in [0.15, 0.2) is 5.65 Å². The number of amides is 1. The molecule has 1 atom stereocenters. The first-order valence-corrected chi connectivity index (χ1v) is 8.34. The second-order valence-corrected chi connectivity index (χ2v) is 6.89. The number of carbonyl (C=O) groups is 1. The summed E-state index contributed by atoms with van der Waals surface area (Å²) in [6, 6.07) is 3.42. The normalized spacial score (nSPS) is 23.4. The molecule has 1 fully saturated rings. The van der Waals surface area contributed by atoms with E-state index >= 15 is 0 Å². The van der Waals surface area contributed by atoms with Gasteiger partial charge in [0.1, 0.15) is 10.4 Å². The van der Waals surface area contributed by atoms with Gasteiger partial charge < -0.3 is 15.4 Å². The number of hydrogen-bond donors (Lipinski definition) is 3.